The molecule has 1 atom stereocenters. The molecule has 4 rings (SSSR count). The van der Waals surface area contributed by atoms with Gasteiger partial charge in [-0.1, -0.05) is 93.9 Å². The normalized spacial score (nSPS) is 12.4. The van der Waals surface area contributed by atoms with Gasteiger partial charge >= 0.3 is 0 Å². The topological polar surface area (TPSA) is 24.9 Å². The molecule has 0 bridgehead atoms. The molecule has 0 aliphatic heterocycles. The fourth-order valence-corrected chi connectivity index (χ4v) is 5.80. The van der Waals surface area contributed by atoms with Crippen LogP contribution in [0.5, 0.6) is 0 Å². The van der Waals surface area contributed by atoms with Gasteiger partial charge < -0.3 is 5.32 Å². The maximum atomic E-state index is 5.21. The van der Waals surface area contributed by atoms with Crippen LogP contribution in [-0.4, -0.2) is 4.98 Å². The molecule has 1 unspecified atom stereocenters. The van der Waals surface area contributed by atoms with Crippen molar-refractivity contribution in [3.63, 3.8) is 0 Å². The molecule has 1 N–H and O–H groups in total. The first-order chi connectivity index (χ1) is 16.3. The lowest BCUT2D eigenvalue weighted by atomic mass is 9.92. The summed E-state index contributed by atoms with van der Waals surface area (Å²) < 4.78 is 0. The predicted octanol–water partition coefficient (Wildman–Crippen LogP) is 9.18. The minimum absolute atomic E-state index is 0.0107. The fraction of sp³-hybridized carbons (Fsp3) is 0.323. The Kier molecular flexibility index (Phi) is 7.23. The third-order valence-electron chi connectivity index (χ3n) is 6.50. The lowest BCUT2D eigenvalue weighted by molar-refractivity contribution is 0.820. The molecule has 4 aromatic rings. The Morgan fingerprint density at radius 3 is 1.91 bits per heavy atom. The lowest BCUT2D eigenvalue weighted by Gasteiger charge is -2.26. The van der Waals surface area contributed by atoms with Gasteiger partial charge in [0.1, 0.15) is 11.0 Å². The van der Waals surface area contributed by atoms with E-state index < -0.39 is 0 Å². The SMILES string of the molecule is Cc1cc(C)c(-c2csc(C(Nc3c(C(C)C)cccc3C(C)C)c3ccccc3)n2)c(C)c1. The predicted molar refractivity (Wildman–Crippen MR) is 148 cm³/mol. The monoisotopic (exact) mass is 468 g/mol. The Morgan fingerprint density at radius 2 is 1.35 bits per heavy atom. The van der Waals surface area contributed by atoms with Crippen LogP contribution in [-0.2, 0) is 0 Å². The summed E-state index contributed by atoms with van der Waals surface area (Å²) in [4.78, 5) is 5.21. The molecule has 3 heteroatoms. The number of para-hydroxylation sites is 1. The van der Waals surface area contributed by atoms with Gasteiger partial charge in [-0.25, -0.2) is 4.98 Å². The van der Waals surface area contributed by atoms with Gasteiger partial charge in [0.15, 0.2) is 0 Å². The van der Waals surface area contributed by atoms with Crippen molar-refractivity contribution in [2.75, 3.05) is 5.32 Å². The summed E-state index contributed by atoms with van der Waals surface area (Å²) in [5, 5.41) is 7.27. The summed E-state index contributed by atoms with van der Waals surface area (Å²) in [6, 6.07) is 21.9. The number of benzene rings is 3. The van der Waals surface area contributed by atoms with Crippen molar-refractivity contribution in [2.24, 2.45) is 0 Å². The minimum atomic E-state index is -0.0107. The molecule has 2 nitrogen and oxygen atoms in total. The van der Waals surface area contributed by atoms with Gasteiger partial charge in [0.25, 0.3) is 0 Å². The highest BCUT2D eigenvalue weighted by molar-refractivity contribution is 7.10. The summed E-state index contributed by atoms with van der Waals surface area (Å²) in [7, 11) is 0. The maximum Gasteiger partial charge on any atom is 0.120 e. The van der Waals surface area contributed by atoms with Crippen LogP contribution in [0.25, 0.3) is 11.3 Å². The molecule has 0 fully saturated rings. The van der Waals surface area contributed by atoms with E-state index in [-0.39, 0.29) is 6.04 Å². The molecule has 1 aromatic heterocycles. The Bertz CT molecular complexity index is 1220. The van der Waals surface area contributed by atoms with E-state index in [4.69, 9.17) is 4.98 Å². The smallest absolute Gasteiger partial charge is 0.120 e. The Balaban J connectivity index is 1.83. The number of anilines is 1. The number of hydrogen-bond donors (Lipinski definition) is 1. The maximum absolute atomic E-state index is 5.21. The van der Waals surface area contributed by atoms with E-state index in [1.54, 1.807) is 11.3 Å². The molecule has 3 aromatic carbocycles. The zero-order chi connectivity index (χ0) is 24.4. The van der Waals surface area contributed by atoms with Crippen LogP contribution in [0.3, 0.4) is 0 Å². The van der Waals surface area contributed by atoms with Crippen molar-refractivity contribution in [2.45, 2.75) is 66.3 Å². The third kappa shape index (κ3) is 4.95. The van der Waals surface area contributed by atoms with E-state index in [1.165, 1.54) is 44.6 Å². The lowest BCUT2D eigenvalue weighted by Crippen LogP contribution is -2.16. The Hall–Kier alpha value is -2.91. The van der Waals surface area contributed by atoms with Crippen LogP contribution in [0.4, 0.5) is 5.69 Å². The average Bonchev–Trinajstić information content (AvgIpc) is 3.26. The quantitative estimate of drug-likeness (QED) is 0.292. The van der Waals surface area contributed by atoms with Crippen LogP contribution in [0, 0.1) is 20.8 Å². The first-order valence-electron chi connectivity index (χ1n) is 12.2. The molecule has 1 heterocycles. The molecule has 0 saturated heterocycles. The van der Waals surface area contributed by atoms with Crippen molar-refractivity contribution in [3.8, 4) is 11.3 Å². The van der Waals surface area contributed by atoms with Gasteiger partial charge in [0.05, 0.1) is 5.69 Å². The molecule has 34 heavy (non-hydrogen) atoms. The zero-order valence-corrected chi connectivity index (χ0v) is 22.3. The molecule has 176 valence electrons. The van der Waals surface area contributed by atoms with Gasteiger partial charge in [-0.05, 0) is 60.4 Å². The third-order valence-corrected chi connectivity index (χ3v) is 7.41. The molecular formula is C31H36N2S. The number of thiazole rings is 1. The van der Waals surface area contributed by atoms with Crippen LogP contribution in [0.15, 0.2) is 66.0 Å². The van der Waals surface area contributed by atoms with Crippen molar-refractivity contribution in [1.29, 1.82) is 0 Å². The number of aryl methyl sites for hydroxylation is 3. The fourth-order valence-electron chi connectivity index (χ4n) is 4.91. The highest BCUT2D eigenvalue weighted by atomic mass is 32.1. The van der Waals surface area contributed by atoms with E-state index in [1.807, 2.05) is 0 Å². The van der Waals surface area contributed by atoms with Gasteiger partial charge in [0, 0.05) is 16.6 Å². The second kappa shape index (κ2) is 10.1. The van der Waals surface area contributed by atoms with Crippen molar-refractivity contribution in [1.82, 2.24) is 4.98 Å². The van der Waals surface area contributed by atoms with Crippen LogP contribution < -0.4 is 5.32 Å². The van der Waals surface area contributed by atoms with Gasteiger partial charge in [0.2, 0.25) is 0 Å². The number of hydrogen-bond acceptors (Lipinski definition) is 3. The molecular weight excluding hydrogens is 432 g/mol. The summed E-state index contributed by atoms with van der Waals surface area (Å²) in [6.07, 6.45) is 0. The van der Waals surface area contributed by atoms with Crippen molar-refractivity contribution >= 4 is 17.0 Å². The molecule has 0 spiro atoms. The molecule has 0 aliphatic rings. The zero-order valence-electron chi connectivity index (χ0n) is 21.4. The highest BCUT2D eigenvalue weighted by Crippen LogP contribution is 2.39. The van der Waals surface area contributed by atoms with E-state index in [9.17, 15) is 0 Å². The first kappa shape index (κ1) is 24.2. The van der Waals surface area contributed by atoms with E-state index in [0.29, 0.717) is 11.8 Å². The molecule has 0 saturated carbocycles. The van der Waals surface area contributed by atoms with E-state index >= 15 is 0 Å². The van der Waals surface area contributed by atoms with Gasteiger partial charge in [-0.15, -0.1) is 11.3 Å². The first-order valence-corrected chi connectivity index (χ1v) is 13.1. The summed E-state index contributed by atoms with van der Waals surface area (Å²) in [5.74, 6) is 0.865. The second-order valence-corrected chi connectivity index (χ2v) is 10.8. The average molecular weight is 469 g/mol. The standard InChI is InChI=1S/C31H36N2S/c1-19(2)25-14-11-15-26(20(3)4)30(25)33-29(24-12-9-8-10-13-24)31-32-27(18-34-31)28-22(6)16-21(5)17-23(28)7/h8-20,29,33H,1-7H3. The van der Waals surface area contributed by atoms with Crippen molar-refractivity contribution < 1.29 is 0 Å². The molecule has 0 amide bonds. The highest BCUT2D eigenvalue weighted by Gasteiger charge is 2.23. The van der Waals surface area contributed by atoms with Gasteiger partial charge in [-0.3, -0.25) is 0 Å². The molecule has 0 radical (unpaired) electrons. The summed E-state index contributed by atoms with van der Waals surface area (Å²) >= 11 is 1.74. The van der Waals surface area contributed by atoms with E-state index in [0.717, 1.165) is 10.7 Å². The Morgan fingerprint density at radius 1 is 0.765 bits per heavy atom. The largest absolute Gasteiger partial charge is 0.372 e. The minimum Gasteiger partial charge on any atom is -0.372 e. The second-order valence-electron chi connectivity index (χ2n) is 9.95. The summed E-state index contributed by atoms with van der Waals surface area (Å²) in [5.41, 5.74) is 11.4. The Labute approximate surface area is 209 Å². The molecule has 0 aliphatic carbocycles. The van der Waals surface area contributed by atoms with Crippen LogP contribution in [0.1, 0.15) is 84.0 Å². The summed E-state index contributed by atoms with van der Waals surface area (Å²) in [6.45, 7) is 15.6. The number of aromatic nitrogens is 1. The number of nitrogens with one attached hydrogen (secondary N) is 1. The van der Waals surface area contributed by atoms with E-state index in [2.05, 4.69) is 120 Å². The van der Waals surface area contributed by atoms with Crippen molar-refractivity contribution in [3.05, 3.63) is 104 Å². The number of rotatable bonds is 7. The van der Waals surface area contributed by atoms with Crippen LogP contribution >= 0.6 is 11.3 Å². The number of nitrogens with zero attached hydrogens (tertiary/aromatic N) is 1. The van der Waals surface area contributed by atoms with Gasteiger partial charge in [-0.2, -0.15) is 0 Å². The van der Waals surface area contributed by atoms with Crippen LogP contribution in [0.2, 0.25) is 0 Å².